The van der Waals surface area contributed by atoms with Crippen molar-refractivity contribution in [2.45, 2.75) is 0 Å². The molecule has 0 aliphatic carbocycles. The van der Waals surface area contributed by atoms with Crippen molar-refractivity contribution in [1.82, 2.24) is 9.80 Å². The average molecular weight is 254 g/mol. The molecule has 4 nitrogen and oxygen atoms in total. The van der Waals surface area contributed by atoms with Gasteiger partial charge in [-0.15, -0.1) is 0 Å². The van der Waals surface area contributed by atoms with Crippen molar-refractivity contribution < 1.29 is 18.4 Å². The smallest absolute Gasteiger partial charge is 0.257 e. The predicted molar refractivity (Wildman–Crippen MR) is 59.9 cm³/mol. The van der Waals surface area contributed by atoms with E-state index in [4.69, 9.17) is 0 Å². The average Bonchev–Trinajstić information content (AvgIpc) is 2.32. The number of hydrogen-bond acceptors (Lipinski definition) is 2. The molecule has 0 atom stereocenters. The van der Waals surface area contributed by atoms with Crippen LogP contribution in [0.3, 0.4) is 0 Å². The van der Waals surface area contributed by atoms with Gasteiger partial charge in [0.2, 0.25) is 5.91 Å². The first-order valence-electron chi connectivity index (χ1n) is 5.47. The van der Waals surface area contributed by atoms with E-state index in [1.807, 2.05) is 0 Å². The Hall–Kier alpha value is -1.98. The zero-order valence-corrected chi connectivity index (χ0v) is 9.82. The van der Waals surface area contributed by atoms with Gasteiger partial charge in [-0.25, -0.2) is 8.78 Å². The monoisotopic (exact) mass is 254 g/mol. The normalized spacial score (nSPS) is 16.1. The molecule has 1 aromatic rings. The van der Waals surface area contributed by atoms with Crippen LogP contribution in [-0.4, -0.2) is 48.3 Å². The van der Waals surface area contributed by atoms with Crippen LogP contribution in [0.25, 0.3) is 0 Å². The minimum atomic E-state index is -0.911. The van der Waals surface area contributed by atoms with Gasteiger partial charge in [-0.1, -0.05) is 0 Å². The summed E-state index contributed by atoms with van der Waals surface area (Å²) in [6.07, 6.45) is 0. The predicted octanol–water partition coefficient (Wildman–Crippen LogP) is 0.879. The second-order valence-electron chi connectivity index (χ2n) is 4.17. The third kappa shape index (κ3) is 2.32. The molecule has 2 amide bonds. The summed E-state index contributed by atoms with van der Waals surface area (Å²) in [6, 6.07) is 2.77. The molecular weight excluding hydrogens is 242 g/mol. The van der Waals surface area contributed by atoms with E-state index in [2.05, 4.69) is 0 Å². The largest absolute Gasteiger partial charge is 0.342 e. The lowest BCUT2D eigenvalue weighted by atomic mass is 10.1. The van der Waals surface area contributed by atoms with Crippen LogP contribution in [0, 0.1) is 11.6 Å². The second-order valence-corrected chi connectivity index (χ2v) is 4.17. The highest BCUT2D eigenvalue weighted by molar-refractivity contribution is 5.97. The molecule has 18 heavy (non-hydrogen) atoms. The quantitative estimate of drug-likeness (QED) is 0.746. The third-order valence-corrected chi connectivity index (χ3v) is 2.91. The molecule has 6 heteroatoms. The summed E-state index contributed by atoms with van der Waals surface area (Å²) in [5, 5.41) is 0. The van der Waals surface area contributed by atoms with Gasteiger partial charge in [0.1, 0.15) is 18.2 Å². The first-order valence-corrected chi connectivity index (χ1v) is 5.47. The molecule has 0 spiro atoms. The Kier molecular flexibility index (Phi) is 3.27. The fourth-order valence-corrected chi connectivity index (χ4v) is 1.77. The summed E-state index contributed by atoms with van der Waals surface area (Å²) >= 11 is 0. The first-order chi connectivity index (χ1) is 8.49. The summed E-state index contributed by atoms with van der Waals surface area (Å²) in [5.74, 6) is -2.43. The van der Waals surface area contributed by atoms with Gasteiger partial charge in [0.25, 0.3) is 5.91 Å². The van der Waals surface area contributed by atoms with Crippen LogP contribution in [0.2, 0.25) is 0 Å². The molecule has 1 saturated heterocycles. The Labute approximate surface area is 103 Å². The van der Waals surface area contributed by atoms with Crippen LogP contribution in [0.5, 0.6) is 0 Å². The SMILES string of the molecule is CN1CCN(C(=O)c2ccc(F)cc2F)CC1=O. The second kappa shape index (κ2) is 4.72. The van der Waals surface area contributed by atoms with E-state index in [0.717, 1.165) is 12.1 Å². The Morgan fingerprint density at radius 2 is 2.00 bits per heavy atom. The molecule has 1 aromatic carbocycles. The van der Waals surface area contributed by atoms with Crippen molar-refractivity contribution in [2.24, 2.45) is 0 Å². The standard InChI is InChI=1S/C12H12F2N2O2/c1-15-4-5-16(7-11(15)17)12(18)9-3-2-8(13)6-10(9)14/h2-3,6H,4-5,7H2,1H3. The van der Waals surface area contributed by atoms with Gasteiger partial charge in [-0.2, -0.15) is 0 Å². The van der Waals surface area contributed by atoms with Gasteiger partial charge in [-0.3, -0.25) is 9.59 Å². The molecule has 2 rings (SSSR count). The van der Waals surface area contributed by atoms with Gasteiger partial charge < -0.3 is 9.80 Å². The fourth-order valence-electron chi connectivity index (χ4n) is 1.77. The van der Waals surface area contributed by atoms with E-state index in [0.29, 0.717) is 19.2 Å². The van der Waals surface area contributed by atoms with Crippen molar-refractivity contribution in [3.05, 3.63) is 35.4 Å². The van der Waals surface area contributed by atoms with E-state index in [1.165, 1.54) is 9.80 Å². The van der Waals surface area contributed by atoms with Crippen molar-refractivity contribution in [3.8, 4) is 0 Å². The number of carbonyl (C=O) groups excluding carboxylic acids is 2. The number of likely N-dealkylation sites (N-methyl/N-ethyl adjacent to an activating group) is 1. The van der Waals surface area contributed by atoms with Crippen molar-refractivity contribution in [3.63, 3.8) is 0 Å². The molecule has 0 N–H and O–H groups in total. The molecule has 0 unspecified atom stereocenters. The van der Waals surface area contributed by atoms with Crippen LogP contribution in [0.1, 0.15) is 10.4 Å². The van der Waals surface area contributed by atoms with E-state index < -0.39 is 17.5 Å². The molecule has 1 heterocycles. The van der Waals surface area contributed by atoms with Crippen LogP contribution >= 0.6 is 0 Å². The van der Waals surface area contributed by atoms with E-state index >= 15 is 0 Å². The van der Waals surface area contributed by atoms with Gasteiger partial charge in [0, 0.05) is 26.2 Å². The van der Waals surface area contributed by atoms with Crippen LogP contribution < -0.4 is 0 Å². The molecule has 0 aromatic heterocycles. The van der Waals surface area contributed by atoms with E-state index in [1.54, 1.807) is 7.05 Å². The molecule has 1 fully saturated rings. The number of halogens is 2. The van der Waals surface area contributed by atoms with Crippen molar-refractivity contribution in [1.29, 1.82) is 0 Å². The lowest BCUT2D eigenvalue weighted by molar-refractivity contribution is -0.133. The Morgan fingerprint density at radius 3 is 2.61 bits per heavy atom. The molecule has 1 aliphatic rings. The number of amides is 2. The van der Waals surface area contributed by atoms with Gasteiger partial charge >= 0.3 is 0 Å². The van der Waals surface area contributed by atoms with Gasteiger partial charge in [0.05, 0.1) is 5.56 Å². The Morgan fingerprint density at radius 1 is 1.28 bits per heavy atom. The third-order valence-electron chi connectivity index (χ3n) is 2.91. The van der Waals surface area contributed by atoms with E-state index in [-0.39, 0.29) is 18.0 Å². The number of rotatable bonds is 1. The Bertz CT molecular complexity index is 505. The molecule has 0 bridgehead atoms. The lowest BCUT2D eigenvalue weighted by Gasteiger charge is -2.32. The lowest BCUT2D eigenvalue weighted by Crippen LogP contribution is -2.50. The summed E-state index contributed by atoms with van der Waals surface area (Å²) < 4.78 is 26.2. The first kappa shape index (κ1) is 12.5. The number of carbonyl (C=O) groups is 2. The number of nitrogens with zero attached hydrogens (tertiary/aromatic N) is 2. The number of benzene rings is 1. The van der Waals surface area contributed by atoms with Gasteiger partial charge in [0.15, 0.2) is 0 Å². The zero-order valence-electron chi connectivity index (χ0n) is 9.82. The minimum absolute atomic E-state index is 0.0772. The maximum atomic E-state index is 13.4. The molecular formula is C12H12F2N2O2. The highest BCUT2D eigenvalue weighted by atomic mass is 19.1. The molecule has 0 saturated carbocycles. The summed E-state index contributed by atoms with van der Waals surface area (Å²) in [5.41, 5.74) is -0.214. The molecule has 0 radical (unpaired) electrons. The van der Waals surface area contributed by atoms with Crippen LogP contribution in [0.15, 0.2) is 18.2 Å². The topological polar surface area (TPSA) is 40.6 Å². The summed E-state index contributed by atoms with van der Waals surface area (Å²) in [6.45, 7) is 0.678. The maximum absolute atomic E-state index is 13.4. The maximum Gasteiger partial charge on any atom is 0.257 e. The zero-order chi connectivity index (χ0) is 13.3. The van der Waals surface area contributed by atoms with Crippen molar-refractivity contribution >= 4 is 11.8 Å². The molecule has 96 valence electrons. The minimum Gasteiger partial charge on any atom is -0.342 e. The number of piperazine rings is 1. The number of hydrogen-bond donors (Lipinski definition) is 0. The fraction of sp³-hybridized carbons (Fsp3) is 0.333. The van der Waals surface area contributed by atoms with Crippen molar-refractivity contribution in [2.75, 3.05) is 26.7 Å². The van der Waals surface area contributed by atoms with Gasteiger partial charge in [-0.05, 0) is 12.1 Å². The van der Waals surface area contributed by atoms with Crippen LogP contribution in [0.4, 0.5) is 8.78 Å². The molecule has 1 aliphatic heterocycles. The van der Waals surface area contributed by atoms with E-state index in [9.17, 15) is 18.4 Å². The summed E-state index contributed by atoms with van der Waals surface area (Å²) in [4.78, 5) is 26.2. The Balaban J connectivity index is 2.19. The van der Waals surface area contributed by atoms with Crippen LogP contribution in [-0.2, 0) is 4.79 Å². The highest BCUT2D eigenvalue weighted by Crippen LogP contribution is 2.13. The summed E-state index contributed by atoms with van der Waals surface area (Å²) in [7, 11) is 1.64. The highest BCUT2D eigenvalue weighted by Gasteiger charge is 2.27.